The van der Waals surface area contributed by atoms with Gasteiger partial charge in [-0.25, -0.2) is 0 Å². The third kappa shape index (κ3) is 2.98. The summed E-state index contributed by atoms with van der Waals surface area (Å²) in [5.74, 6) is 0.863. The van der Waals surface area contributed by atoms with Crippen molar-refractivity contribution >= 4 is 21.8 Å². The molecule has 92 valence electrons. The Labute approximate surface area is 105 Å². The van der Waals surface area contributed by atoms with Crippen LogP contribution >= 0.6 is 15.9 Å². The Morgan fingerprint density at radius 3 is 2.62 bits per heavy atom. The van der Waals surface area contributed by atoms with Crippen LogP contribution in [-0.2, 0) is 4.79 Å². The summed E-state index contributed by atoms with van der Waals surface area (Å²) in [5, 5.41) is 9.44. The smallest absolute Gasteiger partial charge is 0.236 e. The van der Waals surface area contributed by atoms with Crippen molar-refractivity contribution in [3.05, 3.63) is 0 Å². The number of piperidine rings is 1. The first-order chi connectivity index (χ1) is 7.66. The molecule has 1 N–H and O–H groups in total. The summed E-state index contributed by atoms with van der Waals surface area (Å²) in [6.07, 6.45) is 5.93. The third-order valence-corrected chi connectivity index (χ3v) is 4.61. The highest BCUT2D eigenvalue weighted by molar-refractivity contribution is 9.10. The van der Waals surface area contributed by atoms with Gasteiger partial charge in [-0.1, -0.05) is 15.9 Å². The van der Waals surface area contributed by atoms with Gasteiger partial charge in [-0.3, -0.25) is 4.79 Å². The molecule has 2 aliphatic rings. The van der Waals surface area contributed by atoms with Crippen LogP contribution in [0.3, 0.4) is 0 Å². The predicted molar refractivity (Wildman–Crippen MR) is 66.5 cm³/mol. The van der Waals surface area contributed by atoms with E-state index in [-0.39, 0.29) is 16.8 Å². The van der Waals surface area contributed by atoms with Gasteiger partial charge in [0.05, 0.1) is 10.9 Å². The molecular weight excluding hydrogens is 270 g/mol. The Bertz CT molecular complexity index is 251. The van der Waals surface area contributed by atoms with E-state index in [0.29, 0.717) is 5.92 Å². The lowest BCUT2D eigenvalue weighted by Gasteiger charge is -2.35. The van der Waals surface area contributed by atoms with Crippen LogP contribution in [0, 0.1) is 5.92 Å². The highest BCUT2D eigenvalue weighted by Crippen LogP contribution is 2.27. The summed E-state index contributed by atoms with van der Waals surface area (Å²) in [6, 6.07) is 0. The SMILES string of the molecule is O=C1C(Br)CCCN1CC1CCC(O)CC1. The Balaban J connectivity index is 1.82. The minimum absolute atomic E-state index is 0.0374. The molecule has 1 aliphatic heterocycles. The minimum atomic E-state index is -0.0998. The van der Waals surface area contributed by atoms with Crippen molar-refractivity contribution in [1.29, 1.82) is 0 Å². The van der Waals surface area contributed by atoms with Gasteiger partial charge in [0.2, 0.25) is 5.91 Å². The number of amides is 1. The average Bonchev–Trinajstić information content (AvgIpc) is 2.28. The van der Waals surface area contributed by atoms with E-state index in [1.807, 2.05) is 4.90 Å². The number of likely N-dealkylation sites (tertiary alicyclic amines) is 1. The van der Waals surface area contributed by atoms with Crippen molar-refractivity contribution in [3.8, 4) is 0 Å². The second-order valence-corrected chi connectivity index (χ2v) is 6.17. The number of carbonyl (C=O) groups is 1. The first-order valence-electron chi connectivity index (χ1n) is 6.27. The maximum Gasteiger partial charge on any atom is 0.236 e. The zero-order valence-corrected chi connectivity index (χ0v) is 11.2. The second kappa shape index (κ2) is 5.50. The van der Waals surface area contributed by atoms with Crippen molar-refractivity contribution in [2.45, 2.75) is 49.5 Å². The summed E-state index contributed by atoms with van der Waals surface area (Å²) in [7, 11) is 0. The number of rotatable bonds is 2. The van der Waals surface area contributed by atoms with E-state index in [1.165, 1.54) is 0 Å². The normalized spacial score (nSPS) is 36.5. The summed E-state index contributed by atoms with van der Waals surface area (Å²) in [5.41, 5.74) is 0. The molecule has 0 aromatic heterocycles. The number of aliphatic hydroxyl groups excluding tert-OH is 1. The van der Waals surface area contributed by atoms with Crippen molar-refractivity contribution in [2.24, 2.45) is 5.92 Å². The van der Waals surface area contributed by atoms with Crippen LogP contribution < -0.4 is 0 Å². The van der Waals surface area contributed by atoms with Crippen LogP contribution in [0.5, 0.6) is 0 Å². The van der Waals surface area contributed by atoms with Crippen molar-refractivity contribution in [2.75, 3.05) is 13.1 Å². The molecule has 1 atom stereocenters. The zero-order chi connectivity index (χ0) is 11.5. The van der Waals surface area contributed by atoms with Crippen molar-refractivity contribution in [1.82, 2.24) is 4.90 Å². The highest BCUT2D eigenvalue weighted by atomic mass is 79.9. The van der Waals surface area contributed by atoms with Gasteiger partial charge in [-0.2, -0.15) is 0 Å². The van der Waals surface area contributed by atoms with E-state index in [2.05, 4.69) is 15.9 Å². The van der Waals surface area contributed by atoms with E-state index in [9.17, 15) is 9.90 Å². The maximum atomic E-state index is 11.9. The Hall–Kier alpha value is -0.0900. The fourth-order valence-corrected chi connectivity index (χ4v) is 3.33. The molecular formula is C12H20BrNO2. The van der Waals surface area contributed by atoms with Crippen LogP contribution in [-0.4, -0.2) is 39.9 Å². The molecule has 4 heteroatoms. The molecule has 0 aromatic rings. The molecule has 1 saturated carbocycles. The van der Waals surface area contributed by atoms with E-state index >= 15 is 0 Å². The number of hydrogen-bond acceptors (Lipinski definition) is 2. The Morgan fingerprint density at radius 2 is 1.94 bits per heavy atom. The standard InChI is InChI=1S/C12H20BrNO2/c13-11-2-1-7-14(12(11)16)8-9-3-5-10(15)6-4-9/h9-11,15H,1-8H2. The van der Waals surface area contributed by atoms with Crippen LogP contribution in [0.1, 0.15) is 38.5 Å². The lowest BCUT2D eigenvalue weighted by molar-refractivity contribution is -0.133. The largest absolute Gasteiger partial charge is 0.393 e. The molecule has 1 amide bonds. The lowest BCUT2D eigenvalue weighted by atomic mass is 9.87. The van der Waals surface area contributed by atoms with Gasteiger partial charge >= 0.3 is 0 Å². The van der Waals surface area contributed by atoms with Gasteiger partial charge in [0, 0.05) is 13.1 Å². The fraction of sp³-hybridized carbons (Fsp3) is 0.917. The average molecular weight is 290 g/mol. The molecule has 2 fully saturated rings. The minimum Gasteiger partial charge on any atom is -0.393 e. The monoisotopic (exact) mass is 289 g/mol. The number of aliphatic hydroxyl groups is 1. The van der Waals surface area contributed by atoms with Crippen LogP contribution in [0.2, 0.25) is 0 Å². The molecule has 1 saturated heterocycles. The molecule has 1 aliphatic carbocycles. The topological polar surface area (TPSA) is 40.5 Å². The molecule has 1 heterocycles. The molecule has 16 heavy (non-hydrogen) atoms. The summed E-state index contributed by atoms with van der Waals surface area (Å²) in [4.78, 5) is 13.9. The lowest BCUT2D eigenvalue weighted by Crippen LogP contribution is -2.44. The molecule has 0 aromatic carbocycles. The van der Waals surface area contributed by atoms with E-state index in [0.717, 1.165) is 51.6 Å². The predicted octanol–water partition coefficient (Wildman–Crippen LogP) is 1.92. The Kier molecular flexibility index (Phi) is 4.25. The van der Waals surface area contributed by atoms with E-state index < -0.39 is 0 Å². The first-order valence-corrected chi connectivity index (χ1v) is 7.19. The quantitative estimate of drug-likeness (QED) is 0.789. The van der Waals surface area contributed by atoms with Gasteiger partial charge < -0.3 is 10.0 Å². The number of nitrogens with zero attached hydrogens (tertiary/aromatic N) is 1. The van der Waals surface area contributed by atoms with Gasteiger partial charge in [0.1, 0.15) is 0 Å². The second-order valence-electron chi connectivity index (χ2n) is 5.07. The zero-order valence-electron chi connectivity index (χ0n) is 9.57. The van der Waals surface area contributed by atoms with E-state index in [1.54, 1.807) is 0 Å². The van der Waals surface area contributed by atoms with Crippen LogP contribution in [0.15, 0.2) is 0 Å². The highest BCUT2D eigenvalue weighted by Gasteiger charge is 2.29. The first kappa shape index (κ1) is 12.4. The van der Waals surface area contributed by atoms with Crippen LogP contribution in [0.25, 0.3) is 0 Å². The van der Waals surface area contributed by atoms with Gasteiger partial charge in [0.25, 0.3) is 0 Å². The molecule has 2 rings (SSSR count). The van der Waals surface area contributed by atoms with Gasteiger partial charge in [0.15, 0.2) is 0 Å². The number of hydrogen-bond donors (Lipinski definition) is 1. The molecule has 0 radical (unpaired) electrons. The summed E-state index contributed by atoms with van der Waals surface area (Å²) in [6.45, 7) is 1.81. The molecule has 0 bridgehead atoms. The number of alkyl halides is 1. The van der Waals surface area contributed by atoms with Gasteiger partial charge in [-0.05, 0) is 44.4 Å². The number of carbonyl (C=O) groups excluding carboxylic acids is 1. The number of halogens is 1. The van der Waals surface area contributed by atoms with Crippen molar-refractivity contribution < 1.29 is 9.90 Å². The summed E-state index contributed by atoms with van der Waals surface area (Å²) < 4.78 is 0. The molecule has 1 unspecified atom stereocenters. The summed E-state index contributed by atoms with van der Waals surface area (Å²) >= 11 is 3.44. The van der Waals surface area contributed by atoms with Crippen molar-refractivity contribution in [3.63, 3.8) is 0 Å². The molecule has 0 spiro atoms. The third-order valence-electron chi connectivity index (χ3n) is 3.76. The Morgan fingerprint density at radius 1 is 1.25 bits per heavy atom. The van der Waals surface area contributed by atoms with Crippen LogP contribution in [0.4, 0.5) is 0 Å². The maximum absolute atomic E-state index is 11.9. The molecule has 3 nitrogen and oxygen atoms in total. The fourth-order valence-electron chi connectivity index (χ4n) is 2.71. The van der Waals surface area contributed by atoms with E-state index in [4.69, 9.17) is 0 Å². The van der Waals surface area contributed by atoms with Gasteiger partial charge in [-0.15, -0.1) is 0 Å².